The number of nitrogens with zero attached hydrogens (tertiary/aromatic N) is 2. The van der Waals surface area contributed by atoms with E-state index in [-0.39, 0.29) is 11.7 Å². The van der Waals surface area contributed by atoms with Crippen LogP contribution in [0.2, 0.25) is 0 Å². The van der Waals surface area contributed by atoms with E-state index in [0.717, 1.165) is 32.0 Å². The van der Waals surface area contributed by atoms with Crippen molar-refractivity contribution in [1.82, 2.24) is 20.4 Å². The van der Waals surface area contributed by atoms with Crippen molar-refractivity contribution < 1.29 is 22.8 Å². The van der Waals surface area contributed by atoms with Gasteiger partial charge in [-0.15, -0.1) is 0 Å². The number of rotatable bonds is 5. The molecule has 3 rings (SSSR count). The Bertz CT molecular complexity index is 849. The van der Waals surface area contributed by atoms with Crippen molar-refractivity contribution in [2.45, 2.75) is 18.9 Å². The Kier molecular flexibility index (Phi) is 5.75. The summed E-state index contributed by atoms with van der Waals surface area (Å²) in [6, 6.07) is 3.30. The molecule has 0 spiro atoms. The first kappa shape index (κ1) is 18.9. The zero-order chi connectivity index (χ0) is 19.4. The van der Waals surface area contributed by atoms with Crippen molar-refractivity contribution >= 4 is 17.5 Å². The van der Waals surface area contributed by atoms with Crippen LogP contribution in [0.5, 0.6) is 0 Å². The summed E-state index contributed by atoms with van der Waals surface area (Å²) in [7, 11) is 0. The Morgan fingerprint density at radius 2 is 2.04 bits per heavy atom. The lowest BCUT2D eigenvalue weighted by Gasteiger charge is -2.22. The number of amides is 2. The fourth-order valence-electron chi connectivity index (χ4n) is 2.79. The normalized spacial score (nSPS) is 16.8. The molecule has 1 aliphatic heterocycles. The van der Waals surface area contributed by atoms with Gasteiger partial charge in [0, 0.05) is 12.7 Å². The van der Waals surface area contributed by atoms with E-state index in [1.807, 2.05) is 0 Å². The molecule has 27 heavy (non-hydrogen) atoms. The lowest BCUT2D eigenvalue weighted by Crippen LogP contribution is -2.34. The summed E-state index contributed by atoms with van der Waals surface area (Å²) in [5.74, 6) is -5.90. The van der Waals surface area contributed by atoms with E-state index in [4.69, 9.17) is 0 Å². The van der Waals surface area contributed by atoms with E-state index in [0.29, 0.717) is 6.07 Å². The molecule has 0 aliphatic carbocycles. The molecule has 2 amide bonds. The molecule has 1 unspecified atom stereocenters. The molecular formula is C17H18F3N5O2. The molecule has 1 aliphatic rings. The monoisotopic (exact) mass is 381 g/mol. The Morgan fingerprint density at radius 3 is 2.78 bits per heavy atom. The van der Waals surface area contributed by atoms with E-state index in [2.05, 4.69) is 21.0 Å². The summed E-state index contributed by atoms with van der Waals surface area (Å²) in [5, 5.41) is 11.9. The summed E-state index contributed by atoms with van der Waals surface area (Å²) in [6.07, 6.45) is 3.67. The smallest absolute Gasteiger partial charge is 0.272 e. The number of hydrogen-bond acceptors (Lipinski definition) is 4. The number of aromatic nitrogens is 2. The van der Waals surface area contributed by atoms with Gasteiger partial charge < -0.3 is 16.0 Å². The minimum Gasteiger partial charge on any atom is -0.342 e. The number of hydrogen-bond donors (Lipinski definition) is 3. The number of halogens is 3. The van der Waals surface area contributed by atoms with E-state index < -0.39 is 41.5 Å². The quantitative estimate of drug-likeness (QED) is 0.687. The first-order valence-electron chi connectivity index (χ1n) is 8.43. The van der Waals surface area contributed by atoms with Crippen LogP contribution in [-0.4, -0.2) is 41.2 Å². The number of piperidine rings is 1. The highest BCUT2D eigenvalue weighted by molar-refractivity contribution is 5.98. The van der Waals surface area contributed by atoms with Crippen LogP contribution in [0.25, 0.3) is 0 Å². The highest BCUT2D eigenvalue weighted by Gasteiger charge is 2.19. The molecule has 7 nitrogen and oxygen atoms in total. The third kappa shape index (κ3) is 4.45. The minimum atomic E-state index is -1.68. The summed E-state index contributed by atoms with van der Waals surface area (Å²) < 4.78 is 41.3. The lowest BCUT2D eigenvalue weighted by atomic mass is 10.1. The molecule has 2 heterocycles. The van der Waals surface area contributed by atoms with Gasteiger partial charge in [-0.25, -0.2) is 13.2 Å². The van der Waals surface area contributed by atoms with Crippen LogP contribution < -0.4 is 16.0 Å². The Morgan fingerprint density at radius 1 is 1.22 bits per heavy atom. The van der Waals surface area contributed by atoms with Crippen molar-refractivity contribution in [3.05, 3.63) is 47.5 Å². The van der Waals surface area contributed by atoms with Gasteiger partial charge in [0.15, 0.2) is 17.5 Å². The van der Waals surface area contributed by atoms with Crippen LogP contribution in [0.15, 0.2) is 24.4 Å². The SMILES string of the molecule is O=C(CNC(=O)c1ccn(C2CCCNC2)n1)Nc1ccc(F)c(F)c1F. The molecule has 1 aromatic carbocycles. The van der Waals surface area contributed by atoms with Crippen molar-refractivity contribution in [3.8, 4) is 0 Å². The van der Waals surface area contributed by atoms with Gasteiger partial charge in [0.2, 0.25) is 5.91 Å². The maximum absolute atomic E-state index is 13.5. The number of anilines is 1. The summed E-state index contributed by atoms with van der Waals surface area (Å²) in [4.78, 5) is 23.9. The number of carbonyl (C=O) groups excluding carboxylic acids is 2. The summed E-state index contributed by atoms with van der Waals surface area (Å²) in [6.45, 7) is 1.25. The second-order valence-corrected chi connectivity index (χ2v) is 6.13. The van der Waals surface area contributed by atoms with Crippen molar-refractivity contribution in [3.63, 3.8) is 0 Å². The van der Waals surface area contributed by atoms with E-state index >= 15 is 0 Å². The maximum Gasteiger partial charge on any atom is 0.272 e. The van der Waals surface area contributed by atoms with Crippen molar-refractivity contribution in [2.24, 2.45) is 0 Å². The Balaban J connectivity index is 1.54. The molecular weight excluding hydrogens is 363 g/mol. The largest absolute Gasteiger partial charge is 0.342 e. The maximum atomic E-state index is 13.5. The molecule has 144 valence electrons. The van der Waals surface area contributed by atoms with Crippen LogP contribution in [0, 0.1) is 17.5 Å². The van der Waals surface area contributed by atoms with Gasteiger partial charge in [-0.1, -0.05) is 0 Å². The molecule has 1 aromatic heterocycles. The van der Waals surface area contributed by atoms with Gasteiger partial charge in [0.25, 0.3) is 5.91 Å². The summed E-state index contributed by atoms with van der Waals surface area (Å²) in [5.41, 5.74) is -0.366. The molecule has 0 bridgehead atoms. The summed E-state index contributed by atoms with van der Waals surface area (Å²) >= 11 is 0. The van der Waals surface area contributed by atoms with Gasteiger partial charge in [-0.3, -0.25) is 14.3 Å². The fraction of sp³-hybridized carbons (Fsp3) is 0.353. The van der Waals surface area contributed by atoms with E-state index in [1.165, 1.54) is 6.07 Å². The zero-order valence-corrected chi connectivity index (χ0v) is 14.3. The third-order valence-electron chi connectivity index (χ3n) is 4.20. The molecule has 10 heteroatoms. The molecule has 0 radical (unpaired) electrons. The molecule has 1 saturated heterocycles. The molecule has 1 atom stereocenters. The molecule has 1 fully saturated rings. The Labute approximate surface area is 152 Å². The average molecular weight is 381 g/mol. The van der Waals surface area contributed by atoms with Crippen LogP contribution in [-0.2, 0) is 4.79 Å². The molecule has 3 N–H and O–H groups in total. The van der Waals surface area contributed by atoms with E-state index in [1.54, 1.807) is 10.9 Å². The van der Waals surface area contributed by atoms with Crippen LogP contribution in [0.4, 0.5) is 18.9 Å². The van der Waals surface area contributed by atoms with Gasteiger partial charge >= 0.3 is 0 Å². The highest BCUT2D eigenvalue weighted by Crippen LogP contribution is 2.19. The van der Waals surface area contributed by atoms with Crippen molar-refractivity contribution in [1.29, 1.82) is 0 Å². The van der Waals surface area contributed by atoms with Crippen LogP contribution in [0.3, 0.4) is 0 Å². The lowest BCUT2D eigenvalue weighted by molar-refractivity contribution is -0.115. The first-order valence-corrected chi connectivity index (χ1v) is 8.43. The predicted molar refractivity (Wildman–Crippen MR) is 90.6 cm³/mol. The van der Waals surface area contributed by atoms with Crippen LogP contribution >= 0.6 is 0 Å². The number of carbonyl (C=O) groups is 2. The topological polar surface area (TPSA) is 88.1 Å². The number of nitrogens with one attached hydrogen (secondary N) is 3. The Hall–Kier alpha value is -2.88. The second-order valence-electron chi connectivity index (χ2n) is 6.13. The van der Waals surface area contributed by atoms with Gasteiger partial charge in [-0.05, 0) is 37.6 Å². The fourth-order valence-corrected chi connectivity index (χ4v) is 2.79. The third-order valence-corrected chi connectivity index (χ3v) is 4.20. The van der Waals surface area contributed by atoms with Gasteiger partial charge in [-0.2, -0.15) is 5.10 Å². The molecule has 0 saturated carbocycles. The minimum absolute atomic E-state index is 0.146. The first-order chi connectivity index (χ1) is 13.0. The molecule has 2 aromatic rings. The standard InChI is InChI=1S/C17H18F3N5O2/c18-11-3-4-12(16(20)15(11)19)23-14(26)9-22-17(27)13-5-7-25(24-13)10-2-1-6-21-8-10/h3-5,7,10,21H,1-2,6,8-9H2,(H,22,27)(H,23,26). The second kappa shape index (κ2) is 8.21. The van der Waals surface area contributed by atoms with Crippen molar-refractivity contribution in [2.75, 3.05) is 25.0 Å². The van der Waals surface area contributed by atoms with E-state index in [9.17, 15) is 22.8 Å². The average Bonchev–Trinajstić information content (AvgIpc) is 3.18. The highest BCUT2D eigenvalue weighted by atomic mass is 19.2. The zero-order valence-electron chi connectivity index (χ0n) is 14.3. The number of benzene rings is 1. The van der Waals surface area contributed by atoms with Gasteiger partial charge in [0.05, 0.1) is 18.3 Å². The van der Waals surface area contributed by atoms with Gasteiger partial charge in [0.1, 0.15) is 5.69 Å². The van der Waals surface area contributed by atoms with Crippen LogP contribution in [0.1, 0.15) is 29.4 Å². The predicted octanol–water partition coefficient (Wildman–Crippen LogP) is 1.59.